The largest absolute Gasteiger partial charge is 0.510 e. The molecule has 4 heterocycles. The minimum absolute atomic E-state index is 0.0229. The van der Waals surface area contributed by atoms with Gasteiger partial charge in [0.2, 0.25) is 29.2 Å². The maximum Gasteiger partial charge on any atom is 0.510 e. The second kappa shape index (κ2) is 27.5. The van der Waals surface area contributed by atoms with Gasteiger partial charge in [0.25, 0.3) is 5.56 Å². The molecule has 0 bridgehead atoms. The van der Waals surface area contributed by atoms with E-state index in [0.717, 1.165) is 48.6 Å². The van der Waals surface area contributed by atoms with Crippen LogP contribution in [0.5, 0.6) is 5.75 Å². The molecule has 6 amide bonds. The Bertz CT molecular complexity index is 3040. The predicted octanol–water partition coefficient (Wildman–Crippen LogP) is 4.90. The van der Waals surface area contributed by atoms with E-state index in [1.165, 1.54) is 0 Å². The third kappa shape index (κ3) is 14.8. The van der Waals surface area contributed by atoms with Crippen molar-refractivity contribution in [1.82, 2.24) is 30.8 Å². The normalized spacial score (nSPS) is 16.9. The first-order chi connectivity index (χ1) is 38.0. The summed E-state index contributed by atoms with van der Waals surface area (Å²) in [6.07, 6.45) is 4.18. The van der Waals surface area contributed by atoms with Gasteiger partial charge in [0.15, 0.2) is 0 Å². The van der Waals surface area contributed by atoms with E-state index in [2.05, 4.69) is 38.4 Å². The van der Waals surface area contributed by atoms with Gasteiger partial charge in [0, 0.05) is 48.1 Å². The average molecular weight is 1090 g/mol. The van der Waals surface area contributed by atoms with Crippen LogP contribution in [0.4, 0.5) is 15.3 Å². The van der Waals surface area contributed by atoms with Crippen LogP contribution in [0, 0.1) is 17.8 Å². The number of carbonyl (C=O) groups is 7. The van der Waals surface area contributed by atoms with Gasteiger partial charge >= 0.3 is 18.2 Å². The van der Waals surface area contributed by atoms with E-state index in [0.29, 0.717) is 40.3 Å². The number of urea groups is 1. The number of amides is 6. The fourth-order valence-electron chi connectivity index (χ4n) is 9.75. The smallest absolute Gasteiger partial charge is 0.497 e. The van der Waals surface area contributed by atoms with Crippen molar-refractivity contribution in [1.29, 1.82) is 0 Å². The molecule has 2 aliphatic heterocycles. The number of esters is 1. The summed E-state index contributed by atoms with van der Waals surface area (Å²) in [4.78, 5) is 110. The Labute approximate surface area is 457 Å². The van der Waals surface area contributed by atoms with Crippen molar-refractivity contribution in [3.05, 3.63) is 86.7 Å². The first kappa shape index (κ1) is 58.6. The van der Waals surface area contributed by atoms with Crippen LogP contribution in [0.2, 0.25) is 0 Å². The summed E-state index contributed by atoms with van der Waals surface area (Å²) in [5.74, 6) is 3.61. The maximum atomic E-state index is 14.2. The molecule has 22 heteroatoms. The van der Waals surface area contributed by atoms with Crippen molar-refractivity contribution in [2.24, 2.45) is 11.7 Å². The van der Waals surface area contributed by atoms with Gasteiger partial charge in [-0.25, -0.2) is 19.4 Å². The van der Waals surface area contributed by atoms with E-state index in [4.69, 9.17) is 39.1 Å². The highest BCUT2D eigenvalue weighted by Gasteiger charge is 2.51. The van der Waals surface area contributed by atoms with Gasteiger partial charge in [-0.1, -0.05) is 52.2 Å². The Morgan fingerprint density at radius 3 is 2.46 bits per heavy atom. The van der Waals surface area contributed by atoms with E-state index in [9.17, 15) is 38.4 Å². The lowest BCUT2D eigenvalue weighted by atomic mass is 9.85. The van der Waals surface area contributed by atoms with Crippen molar-refractivity contribution >= 4 is 58.4 Å². The van der Waals surface area contributed by atoms with Gasteiger partial charge in [0.1, 0.15) is 43.8 Å². The standard InChI is InChI=1S/C57H70N8O14/c1-6-39-40-28-38(74-5)21-22-44(40)62-50-41(39)30-65-46(50)29-43-42(53(65)70)32-77-54(71)57(43,7-2)79-56(73)78-31-35-17-19-36(20-18-35)61-51(68)45(16-13-24-60-55(58)72)63-52(69)49(34(3)4)64-47(66)23-26-75-27-25-59-48(67)33-76-37-14-11-9-8-10-12-15-37/h17-22,28-29,34,37,45,49H,6-11,13-14,16,23-27,30-33H2,1-5H3,(H,59,67)(H,61,68)(H,63,69)(H,64,66)(H3,58,60,72)/t37?,45-,49-,57-/m0/s1. The summed E-state index contributed by atoms with van der Waals surface area (Å²) < 4.78 is 35.1. The van der Waals surface area contributed by atoms with Crippen LogP contribution in [0.1, 0.15) is 113 Å². The molecular formula is C57H70N8O14. The van der Waals surface area contributed by atoms with Gasteiger partial charge in [0.05, 0.1) is 49.3 Å². The number of rotatable bonds is 25. The molecule has 1 unspecified atom stereocenters. The van der Waals surface area contributed by atoms with E-state index < -0.39 is 59.1 Å². The summed E-state index contributed by atoms with van der Waals surface area (Å²) in [5, 5.41) is 14.3. The Morgan fingerprint density at radius 1 is 0.924 bits per heavy atom. The molecular weight excluding hydrogens is 1020 g/mol. The topological polar surface area (TPSA) is 296 Å². The number of anilines is 1. The van der Waals surface area contributed by atoms with E-state index in [1.807, 2.05) is 25.1 Å². The van der Waals surface area contributed by atoms with Gasteiger partial charge in [-0.05, 0) is 98.4 Å². The zero-order valence-corrected chi connectivity index (χ0v) is 45.3. The highest BCUT2D eigenvalue weighted by Crippen LogP contribution is 2.42. The van der Waals surface area contributed by atoms with Crippen LogP contribution in [-0.4, -0.2) is 110 Å². The number of nitrogens with one attached hydrogen (secondary N) is 5. The summed E-state index contributed by atoms with van der Waals surface area (Å²) in [5.41, 5.74) is 7.67. The Balaban J connectivity index is 0.922. The molecule has 22 nitrogen and oxygen atoms in total. The third-order valence-electron chi connectivity index (χ3n) is 14.0. The Morgan fingerprint density at radius 2 is 1.72 bits per heavy atom. The number of methoxy groups -OCH3 is 1. The molecule has 4 atom stereocenters. The molecule has 2 aromatic carbocycles. The lowest BCUT2D eigenvalue weighted by molar-refractivity contribution is -0.175. The van der Waals surface area contributed by atoms with Crippen molar-refractivity contribution in [2.75, 3.05) is 45.3 Å². The zero-order valence-electron chi connectivity index (χ0n) is 45.3. The molecule has 79 heavy (non-hydrogen) atoms. The number of ether oxygens (including phenoxy) is 6. The average Bonchev–Trinajstić information content (AvgIpc) is 4.06. The van der Waals surface area contributed by atoms with Crippen molar-refractivity contribution in [3.63, 3.8) is 0 Å². The molecule has 422 valence electrons. The quantitative estimate of drug-likeness (QED) is 0.0257. The molecule has 0 fully saturated rings. The summed E-state index contributed by atoms with van der Waals surface area (Å²) in [6, 6.07) is 10.7. The molecule has 0 spiro atoms. The molecule has 1 aliphatic carbocycles. The zero-order chi connectivity index (χ0) is 56.6. The number of aryl methyl sites for hydroxylation is 1. The number of aromatic nitrogens is 2. The molecule has 0 radical (unpaired) electrons. The van der Waals surface area contributed by atoms with Gasteiger partial charge < -0.3 is 65.3 Å². The van der Waals surface area contributed by atoms with Crippen LogP contribution in [0.25, 0.3) is 22.3 Å². The van der Waals surface area contributed by atoms with Crippen LogP contribution in [-0.2, 0) is 79.4 Å². The summed E-state index contributed by atoms with van der Waals surface area (Å²) in [6.45, 7) is 7.17. The van der Waals surface area contributed by atoms with Crippen LogP contribution >= 0.6 is 0 Å². The molecule has 2 aromatic heterocycles. The molecule has 4 aromatic rings. The SMILES string of the molecule is CCc1c2c(nc3ccc(OC)cc13)-c1cc3c(c(=O)n1C2)COC(=O)[C@@]3(CC)OC(=O)OCc1ccc(NC(=O)[C@H](CCCNC(N)=O)NC(=O)[C@@H](NC(=O)CCOCCNC(=O)COC2C#CCCCCC2)C(C)C)cc1. The number of carbonyl (C=O) groups excluding carboxylic acids is 7. The minimum atomic E-state index is -2.01. The van der Waals surface area contributed by atoms with Crippen molar-refractivity contribution < 1.29 is 62.0 Å². The fourth-order valence-corrected chi connectivity index (χ4v) is 9.75. The van der Waals surface area contributed by atoms with E-state index in [-0.39, 0.29) is 107 Å². The van der Waals surface area contributed by atoms with Crippen LogP contribution in [0.15, 0.2) is 53.3 Å². The van der Waals surface area contributed by atoms with Gasteiger partial charge in [-0.2, -0.15) is 0 Å². The van der Waals surface area contributed by atoms with Crippen LogP contribution < -0.4 is 42.6 Å². The lowest BCUT2D eigenvalue weighted by Gasteiger charge is -2.35. The second-order valence-corrected chi connectivity index (χ2v) is 19.8. The van der Waals surface area contributed by atoms with Crippen LogP contribution in [0.3, 0.4) is 0 Å². The monoisotopic (exact) mass is 1090 g/mol. The number of cyclic esters (lactones) is 1. The predicted molar refractivity (Wildman–Crippen MR) is 289 cm³/mol. The van der Waals surface area contributed by atoms with E-state index in [1.54, 1.807) is 62.8 Å². The van der Waals surface area contributed by atoms with Crippen molar-refractivity contribution in [2.45, 2.75) is 135 Å². The second-order valence-electron chi connectivity index (χ2n) is 19.8. The lowest BCUT2D eigenvalue weighted by Crippen LogP contribution is -2.54. The van der Waals surface area contributed by atoms with Crippen molar-refractivity contribution in [3.8, 4) is 29.0 Å². The highest BCUT2D eigenvalue weighted by atomic mass is 16.7. The molecule has 0 saturated heterocycles. The number of benzene rings is 2. The molecule has 7 N–H and O–H groups in total. The number of nitrogens with zero attached hydrogens (tertiary/aromatic N) is 2. The molecule has 0 saturated carbocycles. The molecule has 3 aliphatic rings. The number of fused-ring (bicyclic) bond motifs is 5. The van der Waals surface area contributed by atoms with E-state index >= 15 is 0 Å². The third-order valence-corrected chi connectivity index (χ3v) is 14.0. The number of hydrogen-bond acceptors (Lipinski definition) is 15. The number of hydrogen-bond donors (Lipinski definition) is 6. The number of nitrogens with two attached hydrogens (primary N) is 1. The van der Waals surface area contributed by atoms with Gasteiger partial charge in [-0.15, -0.1) is 5.92 Å². The first-order valence-electron chi connectivity index (χ1n) is 26.8. The fraction of sp³-hybridized carbons (Fsp3) is 0.491. The summed E-state index contributed by atoms with van der Waals surface area (Å²) in [7, 11) is 1.59. The first-order valence-corrected chi connectivity index (χ1v) is 26.8. The Hall–Kier alpha value is -8.03. The highest BCUT2D eigenvalue weighted by molar-refractivity contribution is 5.98. The number of pyridine rings is 2. The summed E-state index contributed by atoms with van der Waals surface area (Å²) >= 11 is 0. The molecule has 7 rings (SSSR count). The minimum Gasteiger partial charge on any atom is -0.497 e. The van der Waals surface area contributed by atoms with Gasteiger partial charge in [-0.3, -0.25) is 24.0 Å². The number of primary amides is 1. The Kier molecular flexibility index (Phi) is 20.4. The maximum absolute atomic E-state index is 14.2.